The Bertz CT molecular complexity index is 527. The molecule has 0 N–H and O–H groups in total. The highest BCUT2D eigenvalue weighted by Crippen LogP contribution is 2.60. The van der Waals surface area contributed by atoms with Gasteiger partial charge in [-0.3, -0.25) is 0 Å². The summed E-state index contributed by atoms with van der Waals surface area (Å²) in [5.41, 5.74) is 4.09. The molecule has 1 heterocycles. The fraction of sp³-hybridized carbons (Fsp3) is 1.00. The summed E-state index contributed by atoms with van der Waals surface area (Å²) in [4.78, 5) is 0. The van der Waals surface area contributed by atoms with Gasteiger partial charge in [0, 0.05) is 0 Å². The summed E-state index contributed by atoms with van der Waals surface area (Å²) in [6.07, 6.45) is 33.4. The molecule has 0 spiro atoms. The molecular weight excluding hydrogens is 466 g/mol. The Hall–Kier alpha value is 0.780. The van der Waals surface area contributed by atoms with Crippen molar-refractivity contribution in [2.75, 3.05) is 12.3 Å². The Balaban J connectivity index is 1.32. The van der Waals surface area contributed by atoms with Crippen LogP contribution in [0.2, 0.25) is 0 Å². The zero-order valence-electron chi connectivity index (χ0n) is 23.2. The smallest absolute Gasteiger partial charge is 0.163 e. The molecule has 2 atom stereocenters. The van der Waals surface area contributed by atoms with E-state index in [2.05, 4.69) is 13.8 Å². The van der Waals surface area contributed by atoms with Gasteiger partial charge >= 0.3 is 0 Å². The van der Waals surface area contributed by atoms with Crippen LogP contribution < -0.4 is 0 Å². The molecule has 4 heteroatoms. The highest BCUT2D eigenvalue weighted by Gasteiger charge is 2.46. The maximum absolute atomic E-state index is 6.85. The van der Waals surface area contributed by atoms with E-state index in [1.54, 1.807) is 0 Å². The third-order valence-corrected chi connectivity index (χ3v) is 17.6. The van der Waals surface area contributed by atoms with Crippen molar-refractivity contribution in [3.63, 3.8) is 0 Å². The lowest BCUT2D eigenvalue weighted by Crippen LogP contribution is -2.35. The van der Waals surface area contributed by atoms with Crippen molar-refractivity contribution in [2.24, 2.45) is 0 Å². The van der Waals surface area contributed by atoms with Crippen LogP contribution in [0.1, 0.15) is 142 Å². The molecule has 0 aromatic rings. The first-order chi connectivity index (χ1) is 17.1. The monoisotopic (exact) mass is 522 g/mol. The standard InChI is InChI=1S/C31H56O2P2/c1-31(2)32-29(23-34(25-15-7-3-8-16-25)26-17-9-4-10-18-26)30(33-31)24-35(27-19-11-5-12-20-27)28-21-13-6-14-22-28/h25-30H,3-24H2,1-2H3. The summed E-state index contributed by atoms with van der Waals surface area (Å²) in [5.74, 6) is -0.379. The van der Waals surface area contributed by atoms with Crippen LogP contribution in [0.15, 0.2) is 0 Å². The van der Waals surface area contributed by atoms with Crippen LogP contribution in [-0.4, -0.2) is 53.0 Å². The minimum absolute atomic E-state index is 0.0722. The van der Waals surface area contributed by atoms with E-state index in [9.17, 15) is 0 Å². The molecule has 0 aromatic heterocycles. The van der Waals surface area contributed by atoms with Gasteiger partial charge in [0.2, 0.25) is 0 Å². The van der Waals surface area contributed by atoms with Gasteiger partial charge in [-0.1, -0.05) is 92.9 Å². The largest absolute Gasteiger partial charge is 0.344 e. The first-order valence-electron chi connectivity index (χ1n) is 16.0. The van der Waals surface area contributed by atoms with Crippen LogP contribution in [0.25, 0.3) is 0 Å². The maximum Gasteiger partial charge on any atom is 0.163 e. The second kappa shape index (κ2) is 13.2. The van der Waals surface area contributed by atoms with Gasteiger partial charge in [0.15, 0.2) is 5.79 Å². The highest BCUT2D eigenvalue weighted by atomic mass is 31.1. The molecular formula is C31H56O2P2. The molecule has 0 amide bonds. The van der Waals surface area contributed by atoms with E-state index in [4.69, 9.17) is 9.47 Å². The molecule has 2 nitrogen and oxygen atoms in total. The molecule has 4 saturated carbocycles. The van der Waals surface area contributed by atoms with Crippen molar-refractivity contribution < 1.29 is 9.47 Å². The van der Waals surface area contributed by atoms with Crippen LogP contribution >= 0.6 is 15.8 Å². The summed E-state index contributed by atoms with van der Waals surface area (Å²) in [6, 6.07) is 0. The summed E-state index contributed by atoms with van der Waals surface area (Å²) in [5, 5.41) is 0. The predicted molar refractivity (Wildman–Crippen MR) is 155 cm³/mol. The molecule has 202 valence electrons. The molecule has 0 aromatic carbocycles. The van der Waals surface area contributed by atoms with Gasteiger partial charge in [-0.25, -0.2) is 0 Å². The molecule has 1 saturated heterocycles. The SMILES string of the molecule is CC1(C)OC(CP(C2CCCCC2)C2CCCCC2)C(CP(C2CCCCC2)C2CCCCC2)O1. The van der Waals surface area contributed by atoms with Gasteiger partial charge in [0.1, 0.15) is 0 Å². The fourth-order valence-corrected chi connectivity index (χ4v) is 16.4. The van der Waals surface area contributed by atoms with Gasteiger partial charge in [-0.2, -0.15) is 0 Å². The van der Waals surface area contributed by atoms with Crippen molar-refractivity contribution in [3.05, 3.63) is 0 Å². The molecule has 5 aliphatic rings. The Kier molecular flexibility index (Phi) is 10.3. The van der Waals surface area contributed by atoms with E-state index in [1.807, 2.05) is 0 Å². The summed E-state index contributed by atoms with van der Waals surface area (Å²) in [6.45, 7) is 4.43. The highest BCUT2D eigenvalue weighted by molar-refractivity contribution is 7.59. The van der Waals surface area contributed by atoms with E-state index in [0.29, 0.717) is 12.2 Å². The number of ether oxygens (including phenoxy) is 2. The minimum atomic E-state index is -0.379. The fourth-order valence-electron chi connectivity index (χ4n) is 8.48. The van der Waals surface area contributed by atoms with Gasteiger partial charge in [0.05, 0.1) is 12.2 Å². The summed E-state index contributed by atoms with van der Waals surface area (Å²) >= 11 is 0. The second-order valence-electron chi connectivity index (χ2n) is 13.3. The normalized spacial score (nSPS) is 32.6. The molecule has 0 radical (unpaired) electrons. The van der Waals surface area contributed by atoms with Crippen molar-refractivity contribution in [2.45, 2.75) is 183 Å². The average molecular weight is 523 g/mol. The maximum atomic E-state index is 6.85. The van der Waals surface area contributed by atoms with E-state index in [0.717, 1.165) is 22.6 Å². The first-order valence-corrected chi connectivity index (χ1v) is 19.3. The average Bonchev–Trinajstić information content (AvgIpc) is 3.20. The molecule has 5 fully saturated rings. The van der Waals surface area contributed by atoms with Crippen molar-refractivity contribution in [1.29, 1.82) is 0 Å². The van der Waals surface area contributed by atoms with Crippen LogP contribution in [0.5, 0.6) is 0 Å². The Morgan fingerprint density at radius 2 is 0.714 bits per heavy atom. The number of rotatable bonds is 8. The van der Waals surface area contributed by atoms with Gasteiger partial charge < -0.3 is 9.47 Å². The van der Waals surface area contributed by atoms with Crippen LogP contribution in [-0.2, 0) is 9.47 Å². The van der Waals surface area contributed by atoms with Crippen LogP contribution in [0.4, 0.5) is 0 Å². The molecule has 0 bridgehead atoms. The van der Waals surface area contributed by atoms with Crippen LogP contribution in [0.3, 0.4) is 0 Å². The zero-order valence-corrected chi connectivity index (χ0v) is 25.0. The third-order valence-electron chi connectivity index (χ3n) is 10.2. The quantitative estimate of drug-likeness (QED) is 0.295. The van der Waals surface area contributed by atoms with Gasteiger partial charge in [-0.15, -0.1) is 0 Å². The Morgan fingerprint density at radius 1 is 0.457 bits per heavy atom. The predicted octanol–water partition coefficient (Wildman–Crippen LogP) is 9.80. The summed E-state index contributed by atoms with van der Waals surface area (Å²) in [7, 11) is 0.144. The zero-order chi connectivity index (χ0) is 24.1. The summed E-state index contributed by atoms with van der Waals surface area (Å²) < 4.78 is 13.7. The first kappa shape index (κ1) is 27.4. The van der Waals surface area contributed by atoms with Crippen molar-refractivity contribution in [1.82, 2.24) is 0 Å². The second-order valence-corrected chi connectivity index (χ2v) is 19.0. The molecule has 5 rings (SSSR count). The minimum Gasteiger partial charge on any atom is -0.344 e. The van der Waals surface area contributed by atoms with E-state index in [-0.39, 0.29) is 21.6 Å². The lowest BCUT2D eigenvalue weighted by atomic mass is 9.99. The van der Waals surface area contributed by atoms with E-state index < -0.39 is 0 Å². The van der Waals surface area contributed by atoms with Gasteiger partial charge in [-0.05, 0) is 100 Å². The third kappa shape index (κ3) is 7.46. The van der Waals surface area contributed by atoms with Gasteiger partial charge in [0.25, 0.3) is 0 Å². The lowest BCUT2D eigenvalue weighted by Gasteiger charge is -2.42. The van der Waals surface area contributed by atoms with Crippen molar-refractivity contribution >= 4 is 15.8 Å². The van der Waals surface area contributed by atoms with Crippen LogP contribution in [0, 0.1) is 0 Å². The number of hydrogen-bond acceptors (Lipinski definition) is 2. The molecule has 4 aliphatic carbocycles. The van der Waals surface area contributed by atoms with E-state index >= 15 is 0 Å². The molecule has 1 aliphatic heterocycles. The van der Waals surface area contributed by atoms with E-state index in [1.165, 1.54) is 141 Å². The Labute approximate surface area is 220 Å². The molecule has 35 heavy (non-hydrogen) atoms. The number of hydrogen-bond donors (Lipinski definition) is 0. The lowest BCUT2D eigenvalue weighted by molar-refractivity contribution is -0.142. The van der Waals surface area contributed by atoms with Crippen molar-refractivity contribution in [3.8, 4) is 0 Å². The Morgan fingerprint density at radius 3 is 0.971 bits per heavy atom. The topological polar surface area (TPSA) is 18.5 Å². The molecule has 2 unspecified atom stereocenters.